The van der Waals surface area contributed by atoms with Gasteiger partial charge in [-0.2, -0.15) is 0 Å². The summed E-state index contributed by atoms with van der Waals surface area (Å²) < 4.78 is 0. The summed E-state index contributed by atoms with van der Waals surface area (Å²) in [6.45, 7) is 1.78. The molecule has 66 valence electrons. The predicted molar refractivity (Wildman–Crippen MR) is 53.9 cm³/mol. The number of rotatable bonds is 3. The molecule has 12 heavy (non-hydrogen) atoms. The average molecular weight is 203 g/mol. The normalized spacial score (nSPS) is 12.9. The molecule has 1 atom stereocenters. The van der Waals surface area contributed by atoms with E-state index in [1.807, 2.05) is 24.3 Å². The van der Waals surface area contributed by atoms with Crippen LogP contribution in [0.1, 0.15) is 6.92 Å². The summed E-state index contributed by atoms with van der Waals surface area (Å²) in [6, 6.07) is 7.61. The summed E-state index contributed by atoms with van der Waals surface area (Å²) in [5.41, 5.74) is 0. The molecule has 0 saturated heterocycles. The monoisotopic (exact) mass is 202 g/mol. The van der Waals surface area contributed by atoms with Gasteiger partial charge in [-0.1, -0.05) is 11.6 Å². The Hall–Kier alpha value is -0.180. The van der Waals surface area contributed by atoms with Crippen LogP contribution in [0.2, 0.25) is 5.02 Å². The third-order valence-electron chi connectivity index (χ3n) is 1.30. The third kappa shape index (κ3) is 3.48. The summed E-state index contributed by atoms with van der Waals surface area (Å²) >= 11 is 7.34. The number of hydrogen-bond acceptors (Lipinski definition) is 2. The van der Waals surface area contributed by atoms with E-state index in [0.717, 1.165) is 15.7 Å². The molecule has 3 heteroatoms. The van der Waals surface area contributed by atoms with Crippen molar-refractivity contribution in [2.75, 3.05) is 5.75 Å². The van der Waals surface area contributed by atoms with Crippen LogP contribution in [-0.2, 0) is 0 Å². The smallest absolute Gasteiger partial charge is 0.0606 e. The number of aliphatic hydroxyl groups excluding tert-OH is 1. The molecule has 1 rings (SSSR count). The summed E-state index contributed by atoms with van der Waals surface area (Å²) in [7, 11) is 0. The molecular formula is C9H11ClOS. The molecule has 0 bridgehead atoms. The SMILES string of the molecule is C[C@H](O)CSc1ccc(Cl)cc1. The standard InChI is InChI=1S/C9H11ClOS/c1-7(11)6-12-9-4-2-8(10)3-5-9/h2-5,7,11H,6H2,1H3/t7-/m0/s1. The van der Waals surface area contributed by atoms with E-state index in [-0.39, 0.29) is 6.10 Å². The maximum absolute atomic E-state index is 9.02. The molecule has 0 heterocycles. The number of hydrogen-bond donors (Lipinski definition) is 1. The highest BCUT2D eigenvalue weighted by Gasteiger charge is 1.97. The summed E-state index contributed by atoms with van der Waals surface area (Å²) in [5, 5.41) is 9.77. The van der Waals surface area contributed by atoms with Crippen molar-refractivity contribution in [3.05, 3.63) is 29.3 Å². The van der Waals surface area contributed by atoms with Crippen LogP contribution in [0, 0.1) is 0 Å². The minimum atomic E-state index is -0.259. The van der Waals surface area contributed by atoms with Gasteiger partial charge in [0.25, 0.3) is 0 Å². The first-order valence-corrected chi connectivity index (χ1v) is 5.11. The molecule has 0 aromatic heterocycles. The minimum absolute atomic E-state index is 0.259. The fourth-order valence-corrected chi connectivity index (χ4v) is 1.64. The topological polar surface area (TPSA) is 20.2 Å². The van der Waals surface area contributed by atoms with Crippen molar-refractivity contribution >= 4 is 23.4 Å². The molecule has 1 nitrogen and oxygen atoms in total. The number of thioether (sulfide) groups is 1. The molecule has 0 amide bonds. The highest BCUT2D eigenvalue weighted by atomic mass is 35.5. The molecule has 0 unspecified atom stereocenters. The molecule has 0 aliphatic rings. The molecule has 0 spiro atoms. The highest BCUT2D eigenvalue weighted by Crippen LogP contribution is 2.20. The van der Waals surface area contributed by atoms with Gasteiger partial charge in [0.15, 0.2) is 0 Å². The zero-order valence-corrected chi connectivity index (χ0v) is 8.40. The molecule has 0 aliphatic heterocycles. The van der Waals surface area contributed by atoms with Gasteiger partial charge in [0.2, 0.25) is 0 Å². The lowest BCUT2D eigenvalue weighted by molar-refractivity contribution is 0.220. The van der Waals surface area contributed by atoms with Crippen molar-refractivity contribution < 1.29 is 5.11 Å². The highest BCUT2D eigenvalue weighted by molar-refractivity contribution is 7.99. The second kappa shape index (κ2) is 4.75. The van der Waals surface area contributed by atoms with Gasteiger partial charge in [0.05, 0.1) is 6.10 Å². The van der Waals surface area contributed by atoms with Crippen molar-refractivity contribution in [1.29, 1.82) is 0 Å². The largest absolute Gasteiger partial charge is 0.393 e. The molecule has 1 N–H and O–H groups in total. The van der Waals surface area contributed by atoms with E-state index < -0.39 is 0 Å². The van der Waals surface area contributed by atoms with Crippen LogP contribution < -0.4 is 0 Å². The maximum Gasteiger partial charge on any atom is 0.0606 e. The van der Waals surface area contributed by atoms with Crippen LogP contribution in [0.25, 0.3) is 0 Å². The second-order valence-corrected chi connectivity index (χ2v) is 4.14. The van der Waals surface area contributed by atoms with Crippen LogP contribution in [0.5, 0.6) is 0 Å². The molecule has 0 aliphatic carbocycles. The zero-order valence-electron chi connectivity index (χ0n) is 6.83. The predicted octanol–water partition coefficient (Wildman–Crippen LogP) is 2.81. The molecule has 0 fully saturated rings. The number of halogens is 1. The van der Waals surface area contributed by atoms with E-state index in [4.69, 9.17) is 16.7 Å². The van der Waals surface area contributed by atoms with Crippen LogP contribution in [0.15, 0.2) is 29.2 Å². The lowest BCUT2D eigenvalue weighted by atomic mass is 10.4. The van der Waals surface area contributed by atoms with Crippen LogP contribution in [-0.4, -0.2) is 17.0 Å². The molecule has 0 saturated carbocycles. The van der Waals surface area contributed by atoms with Crippen molar-refractivity contribution in [2.24, 2.45) is 0 Å². The van der Waals surface area contributed by atoms with Gasteiger partial charge in [-0.05, 0) is 31.2 Å². The van der Waals surface area contributed by atoms with E-state index in [9.17, 15) is 0 Å². The Bertz CT molecular complexity index is 233. The molecule has 0 radical (unpaired) electrons. The van der Waals surface area contributed by atoms with Gasteiger partial charge in [-0.25, -0.2) is 0 Å². The summed E-state index contributed by atoms with van der Waals surface area (Å²) in [4.78, 5) is 1.14. The Morgan fingerprint density at radius 1 is 1.42 bits per heavy atom. The Labute approximate surface area is 81.7 Å². The Balaban J connectivity index is 2.48. The van der Waals surface area contributed by atoms with Gasteiger partial charge in [0.1, 0.15) is 0 Å². The van der Waals surface area contributed by atoms with Gasteiger partial charge in [0, 0.05) is 15.7 Å². The lowest BCUT2D eigenvalue weighted by Crippen LogP contribution is -2.01. The van der Waals surface area contributed by atoms with E-state index in [0.29, 0.717) is 0 Å². The maximum atomic E-state index is 9.02. The Morgan fingerprint density at radius 2 is 2.00 bits per heavy atom. The van der Waals surface area contributed by atoms with Crippen LogP contribution in [0.3, 0.4) is 0 Å². The van der Waals surface area contributed by atoms with Gasteiger partial charge in [-0.3, -0.25) is 0 Å². The van der Waals surface area contributed by atoms with Crippen LogP contribution in [0.4, 0.5) is 0 Å². The van der Waals surface area contributed by atoms with Gasteiger partial charge in [-0.15, -0.1) is 11.8 Å². The molecule has 1 aromatic carbocycles. The second-order valence-electron chi connectivity index (χ2n) is 2.61. The zero-order chi connectivity index (χ0) is 8.97. The van der Waals surface area contributed by atoms with Crippen molar-refractivity contribution in [1.82, 2.24) is 0 Å². The number of aliphatic hydroxyl groups is 1. The number of benzene rings is 1. The first-order chi connectivity index (χ1) is 5.68. The fourth-order valence-electron chi connectivity index (χ4n) is 0.748. The van der Waals surface area contributed by atoms with E-state index in [1.165, 1.54) is 0 Å². The lowest BCUT2D eigenvalue weighted by Gasteiger charge is -2.03. The van der Waals surface area contributed by atoms with Gasteiger partial charge >= 0.3 is 0 Å². The third-order valence-corrected chi connectivity index (χ3v) is 2.81. The first-order valence-electron chi connectivity index (χ1n) is 3.75. The van der Waals surface area contributed by atoms with E-state index in [2.05, 4.69) is 0 Å². The van der Waals surface area contributed by atoms with Crippen molar-refractivity contribution in [3.8, 4) is 0 Å². The molecular weight excluding hydrogens is 192 g/mol. The van der Waals surface area contributed by atoms with Crippen LogP contribution >= 0.6 is 23.4 Å². The van der Waals surface area contributed by atoms with Crippen molar-refractivity contribution in [3.63, 3.8) is 0 Å². The first kappa shape index (κ1) is 9.90. The Morgan fingerprint density at radius 3 is 2.50 bits per heavy atom. The van der Waals surface area contributed by atoms with E-state index in [1.54, 1.807) is 18.7 Å². The van der Waals surface area contributed by atoms with E-state index >= 15 is 0 Å². The minimum Gasteiger partial charge on any atom is -0.393 e. The quantitative estimate of drug-likeness (QED) is 0.761. The summed E-state index contributed by atoms with van der Waals surface area (Å²) in [5.74, 6) is 0.724. The van der Waals surface area contributed by atoms with Crippen molar-refractivity contribution in [2.45, 2.75) is 17.9 Å². The fraction of sp³-hybridized carbons (Fsp3) is 0.333. The molecule has 1 aromatic rings. The average Bonchev–Trinajstić information content (AvgIpc) is 2.03. The van der Waals surface area contributed by atoms with Gasteiger partial charge < -0.3 is 5.11 Å². The Kier molecular flexibility index (Phi) is 3.92. The summed E-state index contributed by atoms with van der Waals surface area (Å²) in [6.07, 6.45) is -0.259.